The first kappa shape index (κ1) is 20.4. The van der Waals surface area contributed by atoms with E-state index in [1.54, 1.807) is 0 Å². The molecule has 2 atom stereocenters. The molecule has 1 amide bonds. The zero-order valence-corrected chi connectivity index (χ0v) is 19.0. The molecule has 5 aliphatic rings. The second-order valence-electron chi connectivity index (χ2n) is 11.7. The van der Waals surface area contributed by atoms with Crippen LogP contribution in [-0.2, 0) is 4.79 Å². The van der Waals surface area contributed by atoms with Crippen molar-refractivity contribution < 1.29 is 4.79 Å². The van der Waals surface area contributed by atoms with Gasteiger partial charge in [0.1, 0.15) is 0 Å². The van der Waals surface area contributed by atoms with E-state index in [-0.39, 0.29) is 5.41 Å². The Bertz CT molecular complexity index is 752. The lowest BCUT2D eigenvalue weighted by atomic mass is 9.40. The Labute approximate surface area is 182 Å². The number of benzene rings is 1. The molecule has 4 aliphatic carbocycles. The fourth-order valence-corrected chi connectivity index (χ4v) is 8.26. The standard InChI is InChI=1S/C26H39N3O/c1-24-15-21-16-25(2,18-24)20-26(17-21,19-24)23(30)27-9-6-10-28-11-13-29(14-12-28)22-7-4-3-5-8-22/h3-5,7-8,21H,6,9-20H2,1-2H3,(H,27,30). The summed E-state index contributed by atoms with van der Waals surface area (Å²) >= 11 is 0. The smallest absolute Gasteiger partial charge is 0.226 e. The van der Waals surface area contributed by atoms with E-state index in [1.807, 2.05) is 0 Å². The number of hydrogen-bond donors (Lipinski definition) is 1. The van der Waals surface area contributed by atoms with E-state index in [0.29, 0.717) is 16.7 Å². The van der Waals surface area contributed by atoms with E-state index in [2.05, 4.69) is 59.3 Å². The van der Waals surface area contributed by atoms with Gasteiger partial charge in [-0.05, 0) is 80.4 Å². The predicted octanol–water partition coefficient (Wildman–Crippen LogP) is 4.31. The van der Waals surface area contributed by atoms with Crippen LogP contribution in [0.25, 0.3) is 0 Å². The van der Waals surface area contributed by atoms with E-state index in [9.17, 15) is 4.79 Å². The molecule has 1 aliphatic heterocycles. The highest BCUT2D eigenvalue weighted by atomic mass is 16.2. The summed E-state index contributed by atoms with van der Waals surface area (Å²) in [6.45, 7) is 11.2. The summed E-state index contributed by atoms with van der Waals surface area (Å²) in [5.41, 5.74) is 2.08. The first-order valence-corrected chi connectivity index (χ1v) is 12.2. The van der Waals surface area contributed by atoms with Gasteiger partial charge in [0.15, 0.2) is 0 Å². The quantitative estimate of drug-likeness (QED) is 0.711. The van der Waals surface area contributed by atoms with Gasteiger partial charge < -0.3 is 10.2 Å². The van der Waals surface area contributed by atoms with Gasteiger partial charge in [-0.1, -0.05) is 32.0 Å². The van der Waals surface area contributed by atoms with E-state index < -0.39 is 0 Å². The molecule has 1 heterocycles. The van der Waals surface area contributed by atoms with Crippen molar-refractivity contribution in [2.45, 2.75) is 58.8 Å². The molecule has 1 N–H and O–H groups in total. The van der Waals surface area contributed by atoms with E-state index >= 15 is 0 Å². The van der Waals surface area contributed by atoms with E-state index in [4.69, 9.17) is 0 Å². The first-order chi connectivity index (χ1) is 14.4. The van der Waals surface area contributed by atoms with Crippen LogP contribution in [0.5, 0.6) is 0 Å². The molecule has 4 heteroatoms. The van der Waals surface area contributed by atoms with Crippen molar-refractivity contribution in [3.63, 3.8) is 0 Å². The van der Waals surface area contributed by atoms with Crippen molar-refractivity contribution in [1.29, 1.82) is 0 Å². The number of rotatable bonds is 6. The topological polar surface area (TPSA) is 35.6 Å². The van der Waals surface area contributed by atoms with Gasteiger partial charge in [0.25, 0.3) is 0 Å². The SMILES string of the molecule is CC12CC3CC(C)(C1)CC(C(=O)NCCCN1CCN(c4ccccc4)CC1)(C3)C2. The van der Waals surface area contributed by atoms with E-state index in [1.165, 1.54) is 24.9 Å². The van der Waals surface area contributed by atoms with Crippen LogP contribution < -0.4 is 10.2 Å². The Balaban J connectivity index is 1.07. The minimum absolute atomic E-state index is 0.0653. The Hall–Kier alpha value is -1.55. The minimum Gasteiger partial charge on any atom is -0.369 e. The number of nitrogens with one attached hydrogen (secondary N) is 1. The minimum atomic E-state index is -0.0653. The average molecular weight is 410 g/mol. The molecule has 0 radical (unpaired) electrons. The summed E-state index contributed by atoms with van der Waals surface area (Å²) in [7, 11) is 0. The molecule has 164 valence electrons. The van der Waals surface area contributed by atoms with Gasteiger partial charge >= 0.3 is 0 Å². The lowest BCUT2D eigenvalue weighted by molar-refractivity contribution is -0.170. The van der Waals surface area contributed by atoms with Gasteiger partial charge in [-0.25, -0.2) is 0 Å². The normalized spacial score (nSPS) is 38.1. The molecule has 4 saturated carbocycles. The molecule has 2 unspecified atom stereocenters. The summed E-state index contributed by atoms with van der Waals surface area (Å²) in [5.74, 6) is 1.15. The largest absolute Gasteiger partial charge is 0.369 e. The van der Waals surface area contributed by atoms with Crippen molar-refractivity contribution in [3.05, 3.63) is 30.3 Å². The van der Waals surface area contributed by atoms with Gasteiger partial charge in [0, 0.05) is 38.4 Å². The van der Waals surface area contributed by atoms with Crippen LogP contribution in [0, 0.1) is 22.2 Å². The molecular formula is C26H39N3O. The molecular weight excluding hydrogens is 370 g/mol. The Kier molecular flexibility index (Phi) is 5.12. The van der Waals surface area contributed by atoms with Crippen LogP contribution in [0.2, 0.25) is 0 Å². The third-order valence-corrected chi connectivity index (χ3v) is 8.54. The number of hydrogen-bond acceptors (Lipinski definition) is 3. The van der Waals surface area contributed by atoms with Crippen LogP contribution in [0.15, 0.2) is 30.3 Å². The summed E-state index contributed by atoms with van der Waals surface area (Å²) in [5, 5.41) is 3.37. The van der Waals surface area contributed by atoms with Crippen LogP contribution in [0.1, 0.15) is 58.8 Å². The third-order valence-electron chi connectivity index (χ3n) is 8.54. The zero-order valence-electron chi connectivity index (χ0n) is 19.0. The van der Waals surface area contributed by atoms with Crippen molar-refractivity contribution in [2.24, 2.45) is 22.2 Å². The molecule has 30 heavy (non-hydrogen) atoms. The van der Waals surface area contributed by atoms with Crippen molar-refractivity contribution in [2.75, 3.05) is 44.2 Å². The van der Waals surface area contributed by atoms with Gasteiger partial charge in [0.2, 0.25) is 5.91 Å². The van der Waals surface area contributed by atoms with Crippen LogP contribution in [0.4, 0.5) is 5.69 Å². The number of piperazine rings is 1. The maximum Gasteiger partial charge on any atom is 0.226 e. The highest BCUT2D eigenvalue weighted by Crippen LogP contribution is 2.69. The number of amides is 1. The predicted molar refractivity (Wildman–Crippen MR) is 123 cm³/mol. The van der Waals surface area contributed by atoms with Crippen molar-refractivity contribution in [1.82, 2.24) is 10.2 Å². The maximum absolute atomic E-state index is 13.3. The summed E-state index contributed by atoms with van der Waals surface area (Å²) < 4.78 is 0. The fraction of sp³-hybridized carbons (Fsp3) is 0.731. The highest BCUT2D eigenvalue weighted by Gasteiger charge is 2.62. The summed E-state index contributed by atoms with van der Waals surface area (Å²) in [6, 6.07) is 10.7. The average Bonchev–Trinajstić information content (AvgIpc) is 2.69. The van der Waals surface area contributed by atoms with Crippen molar-refractivity contribution >= 4 is 11.6 Å². The molecule has 4 bridgehead atoms. The van der Waals surface area contributed by atoms with Gasteiger partial charge in [-0.2, -0.15) is 0 Å². The van der Waals surface area contributed by atoms with Gasteiger partial charge in [-0.3, -0.25) is 9.69 Å². The number of carbonyl (C=O) groups excluding carboxylic acids is 1. The Morgan fingerprint density at radius 2 is 1.63 bits per heavy atom. The van der Waals surface area contributed by atoms with E-state index in [0.717, 1.165) is 70.9 Å². The lowest BCUT2D eigenvalue weighted by Crippen LogP contribution is -2.60. The van der Waals surface area contributed by atoms with Crippen LogP contribution >= 0.6 is 0 Å². The molecule has 1 aromatic rings. The highest BCUT2D eigenvalue weighted by molar-refractivity contribution is 5.83. The monoisotopic (exact) mass is 409 g/mol. The molecule has 1 saturated heterocycles. The lowest BCUT2D eigenvalue weighted by Gasteiger charge is -2.64. The van der Waals surface area contributed by atoms with Crippen LogP contribution in [0.3, 0.4) is 0 Å². The Morgan fingerprint density at radius 1 is 0.967 bits per heavy atom. The molecule has 6 rings (SSSR count). The summed E-state index contributed by atoms with van der Waals surface area (Å²) in [6.07, 6.45) is 8.50. The second-order valence-corrected chi connectivity index (χ2v) is 11.7. The van der Waals surface area contributed by atoms with Crippen LogP contribution in [-0.4, -0.2) is 50.1 Å². The second kappa shape index (κ2) is 7.55. The van der Waals surface area contributed by atoms with Gasteiger partial charge in [-0.15, -0.1) is 0 Å². The number of para-hydroxylation sites is 1. The number of anilines is 1. The maximum atomic E-state index is 13.3. The molecule has 0 spiro atoms. The first-order valence-electron chi connectivity index (χ1n) is 12.2. The molecule has 5 fully saturated rings. The molecule has 1 aromatic carbocycles. The zero-order chi connectivity index (χ0) is 20.8. The molecule has 0 aromatic heterocycles. The molecule has 4 nitrogen and oxygen atoms in total. The number of nitrogens with zero attached hydrogens (tertiary/aromatic N) is 2. The van der Waals surface area contributed by atoms with Gasteiger partial charge in [0.05, 0.1) is 5.41 Å². The fourth-order valence-electron chi connectivity index (χ4n) is 8.26. The van der Waals surface area contributed by atoms with Crippen molar-refractivity contribution in [3.8, 4) is 0 Å². The third kappa shape index (κ3) is 3.88. The number of carbonyl (C=O) groups is 1. The summed E-state index contributed by atoms with van der Waals surface area (Å²) in [4.78, 5) is 18.3. The Morgan fingerprint density at radius 3 is 2.27 bits per heavy atom.